The molecule has 1 aromatic carbocycles. The van der Waals surface area contributed by atoms with E-state index in [0.29, 0.717) is 5.56 Å². The van der Waals surface area contributed by atoms with Gasteiger partial charge in [0.25, 0.3) is 0 Å². The van der Waals surface area contributed by atoms with Crippen LogP contribution < -0.4 is 0 Å². The fourth-order valence-corrected chi connectivity index (χ4v) is 4.40. The van der Waals surface area contributed by atoms with E-state index in [2.05, 4.69) is 4.98 Å². The second-order valence-corrected chi connectivity index (χ2v) is 7.18. The molecular weight excluding hydrogens is 298 g/mol. The number of carboxylic acids is 1. The van der Waals surface area contributed by atoms with Gasteiger partial charge in [0, 0.05) is 20.9 Å². The molecule has 2 aromatic rings. The Labute approximate surface area is 124 Å². The number of benzene rings is 1. The first kappa shape index (κ1) is 14.4. The van der Waals surface area contributed by atoms with Crippen molar-refractivity contribution >= 4 is 40.8 Å². The minimum atomic E-state index is -0.882. The molecule has 1 N–H and O–H groups in total. The van der Waals surface area contributed by atoms with Gasteiger partial charge in [0.15, 0.2) is 4.34 Å². The van der Waals surface area contributed by atoms with Crippen molar-refractivity contribution in [3.05, 3.63) is 34.8 Å². The number of hydrogen-bond donors (Lipinski definition) is 1. The van der Waals surface area contributed by atoms with Crippen molar-refractivity contribution in [3.63, 3.8) is 0 Å². The van der Waals surface area contributed by atoms with Crippen LogP contribution in [-0.4, -0.2) is 21.8 Å². The maximum atomic E-state index is 11.5. The van der Waals surface area contributed by atoms with Crippen LogP contribution in [0.4, 0.5) is 0 Å². The van der Waals surface area contributed by atoms with E-state index >= 15 is 0 Å². The van der Waals surface area contributed by atoms with E-state index in [1.807, 2.05) is 37.4 Å². The summed E-state index contributed by atoms with van der Waals surface area (Å²) >= 11 is 4.50. The molecule has 0 saturated carbocycles. The highest BCUT2D eigenvalue weighted by atomic mass is 32.2. The second-order valence-electron chi connectivity index (χ2n) is 3.72. The van der Waals surface area contributed by atoms with Crippen molar-refractivity contribution < 1.29 is 9.90 Å². The number of carbonyl (C=O) groups is 1. The minimum Gasteiger partial charge on any atom is -0.478 e. The van der Waals surface area contributed by atoms with E-state index in [9.17, 15) is 9.90 Å². The molecule has 0 spiro atoms. The van der Waals surface area contributed by atoms with Crippen molar-refractivity contribution in [1.82, 2.24) is 4.98 Å². The summed E-state index contributed by atoms with van der Waals surface area (Å²) in [5, 5.41) is 11.4. The van der Waals surface area contributed by atoms with Gasteiger partial charge in [-0.15, -0.1) is 23.1 Å². The van der Waals surface area contributed by atoms with Gasteiger partial charge >= 0.3 is 5.97 Å². The number of thiazole rings is 1. The van der Waals surface area contributed by atoms with E-state index in [0.717, 1.165) is 25.6 Å². The van der Waals surface area contributed by atoms with Crippen molar-refractivity contribution in [2.75, 3.05) is 5.75 Å². The Morgan fingerprint density at radius 3 is 2.74 bits per heavy atom. The van der Waals surface area contributed by atoms with E-state index < -0.39 is 5.97 Å². The maximum Gasteiger partial charge on any atom is 0.337 e. The number of nitrogens with zero attached hydrogens (tertiary/aromatic N) is 1. The van der Waals surface area contributed by atoms with Gasteiger partial charge in [-0.1, -0.05) is 24.8 Å². The molecule has 0 atom stereocenters. The molecule has 0 saturated heterocycles. The summed E-state index contributed by atoms with van der Waals surface area (Å²) in [6.45, 7) is 3.95. The molecular formula is C13H13NO2S3. The van der Waals surface area contributed by atoms with Crippen molar-refractivity contribution in [3.8, 4) is 0 Å². The monoisotopic (exact) mass is 311 g/mol. The highest BCUT2D eigenvalue weighted by Crippen LogP contribution is 2.36. The number of thioether (sulfide) groups is 1. The Morgan fingerprint density at radius 2 is 2.16 bits per heavy atom. The Bertz CT molecular complexity index is 595. The predicted octanol–water partition coefficient (Wildman–Crippen LogP) is 4.41. The van der Waals surface area contributed by atoms with Crippen LogP contribution in [0.1, 0.15) is 23.0 Å². The highest BCUT2D eigenvalue weighted by Gasteiger charge is 2.17. The largest absolute Gasteiger partial charge is 0.478 e. The molecule has 0 unspecified atom stereocenters. The Morgan fingerprint density at radius 1 is 1.42 bits per heavy atom. The van der Waals surface area contributed by atoms with Gasteiger partial charge in [0.1, 0.15) is 0 Å². The Hall–Kier alpha value is -0.980. The number of aryl methyl sites for hydroxylation is 1. The molecule has 0 fully saturated rings. The number of carboxylic acid groups (broad SMARTS) is 1. The van der Waals surface area contributed by atoms with E-state index in [1.165, 1.54) is 23.1 Å². The average Bonchev–Trinajstić information content (AvgIpc) is 2.75. The Kier molecular flexibility index (Phi) is 4.90. The molecule has 0 aliphatic carbocycles. The van der Waals surface area contributed by atoms with E-state index in [1.54, 1.807) is 11.8 Å². The van der Waals surface area contributed by atoms with Crippen LogP contribution in [0.2, 0.25) is 0 Å². The molecule has 19 heavy (non-hydrogen) atoms. The molecule has 1 heterocycles. The summed E-state index contributed by atoms with van der Waals surface area (Å²) in [4.78, 5) is 17.4. The lowest BCUT2D eigenvalue weighted by atomic mass is 10.2. The summed E-state index contributed by atoms with van der Waals surface area (Å²) in [6.07, 6.45) is 0. The lowest BCUT2D eigenvalue weighted by molar-refractivity contribution is 0.0689. The second kappa shape index (κ2) is 6.45. The lowest BCUT2D eigenvalue weighted by Crippen LogP contribution is -2.01. The summed E-state index contributed by atoms with van der Waals surface area (Å²) in [7, 11) is 0. The molecule has 100 valence electrons. The van der Waals surface area contributed by atoms with Crippen LogP contribution in [0.5, 0.6) is 0 Å². The van der Waals surface area contributed by atoms with Crippen LogP contribution in [-0.2, 0) is 0 Å². The normalized spacial score (nSPS) is 10.6. The number of hydrogen-bond acceptors (Lipinski definition) is 5. The molecule has 0 aliphatic heterocycles. The first-order valence-electron chi connectivity index (χ1n) is 5.71. The van der Waals surface area contributed by atoms with Crippen molar-refractivity contribution in [2.45, 2.75) is 28.0 Å². The number of rotatable bonds is 5. The fraction of sp³-hybridized carbons (Fsp3) is 0.231. The van der Waals surface area contributed by atoms with Gasteiger partial charge in [0.05, 0.1) is 5.56 Å². The average molecular weight is 311 g/mol. The lowest BCUT2D eigenvalue weighted by Gasteiger charge is -2.08. The molecule has 3 nitrogen and oxygen atoms in total. The van der Waals surface area contributed by atoms with Gasteiger partial charge < -0.3 is 5.11 Å². The van der Waals surface area contributed by atoms with E-state index in [-0.39, 0.29) is 0 Å². The third kappa shape index (κ3) is 3.52. The number of aromatic nitrogens is 1. The molecule has 0 radical (unpaired) electrons. The topological polar surface area (TPSA) is 50.2 Å². The Balaban J connectivity index is 2.38. The zero-order valence-corrected chi connectivity index (χ0v) is 13.0. The zero-order valence-electron chi connectivity index (χ0n) is 10.5. The van der Waals surface area contributed by atoms with Gasteiger partial charge in [-0.25, -0.2) is 9.78 Å². The molecule has 6 heteroatoms. The van der Waals surface area contributed by atoms with Gasteiger partial charge in [-0.2, -0.15) is 0 Å². The maximum absolute atomic E-state index is 11.5. The third-order valence-electron chi connectivity index (χ3n) is 2.30. The highest BCUT2D eigenvalue weighted by molar-refractivity contribution is 8.01. The summed E-state index contributed by atoms with van der Waals surface area (Å²) in [6, 6.07) is 5.59. The van der Waals surface area contributed by atoms with Crippen LogP contribution in [0.15, 0.2) is 37.7 Å². The predicted molar refractivity (Wildman–Crippen MR) is 80.8 cm³/mol. The van der Waals surface area contributed by atoms with Crippen molar-refractivity contribution in [1.29, 1.82) is 0 Å². The van der Waals surface area contributed by atoms with Crippen molar-refractivity contribution in [2.24, 2.45) is 0 Å². The summed E-state index contributed by atoms with van der Waals surface area (Å²) in [5.41, 5.74) is 1.34. The molecule has 0 aliphatic rings. The molecule has 2 rings (SSSR count). The fourth-order valence-electron chi connectivity index (χ4n) is 1.56. The van der Waals surface area contributed by atoms with Crippen LogP contribution in [0, 0.1) is 6.92 Å². The van der Waals surface area contributed by atoms with Gasteiger partial charge in [0.2, 0.25) is 0 Å². The van der Waals surface area contributed by atoms with E-state index in [4.69, 9.17) is 0 Å². The number of aromatic carboxylic acids is 1. The first-order chi connectivity index (χ1) is 9.11. The summed E-state index contributed by atoms with van der Waals surface area (Å²) < 4.78 is 0.874. The zero-order chi connectivity index (χ0) is 13.8. The van der Waals surface area contributed by atoms with Crippen LogP contribution in [0.3, 0.4) is 0 Å². The summed E-state index contributed by atoms with van der Waals surface area (Å²) in [5.74, 6) is -0.0302. The third-order valence-corrected chi connectivity index (χ3v) is 5.35. The molecule has 1 aromatic heterocycles. The van der Waals surface area contributed by atoms with Crippen LogP contribution in [0.25, 0.3) is 0 Å². The standard InChI is InChI=1S/C13H13NO2S3/c1-3-17-9-5-4-6-10(11(9)12(15)16)19-13-14-8(2)7-18-13/h4-7H,3H2,1-2H3,(H,15,16). The van der Waals surface area contributed by atoms with Crippen LogP contribution >= 0.6 is 34.9 Å². The minimum absolute atomic E-state index is 0.382. The molecule has 0 amide bonds. The SMILES string of the molecule is CCSc1cccc(Sc2nc(C)cs2)c1C(=O)O. The van der Waals surface area contributed by atoms with Gasteiger partial charge in [-0.05, 0) is 24.8 Å². The first-order valence-corrected chi connectivity index (χ1v) is 8.39. The van der Waals surface area contributed by atoms with Gasteiger partial charge in [-0.3, -0.25) is 0 Å². The molecule has 0 bridgehead atoms. The quantitative estimate of drug-likeness (QED) is 0.829. The smallest absolute Gasteiger partial charge is 0.337 e.